The van der Waals surface area contributed by atoms with Crippen molar-refractivity contribution in [1.82, 2.24) is 24.5 Å². The van der Waals surface area contributed by atoms with E-state index in [1.54, 1.807) is 11.3 Å². The molecule has 3 heterocycles. The highest BCUT2D eigenvalue weighted by atomic mass is 35.5. The number of aromatic nitrogens is 5. The van der Waals surface area contributed by atoms with Gasteiger partial charge in [0.15, 0.2) is 0 Å². The summed E-state index contributed by atoms with van der Waals surface area (Å²) in [5, 5.41) is 12.2. The van der Waals surface area contributed by atoms with Crippen LogP contribution >= 0.6 is 34.5 Å². The van der Waals surface area contributed by atoms with Crippen LogP contribution in [0.2, 0.25) is 10.0 Å². The normalized spacial score (nSPS) is 11.3. The summed E-state index contributed by atoms with van der Waals surface area (Å²) in [4.78, 5) is 4.91. The molecule has 4 aromatic carbocycles. The Morgan fingerprint density at radius 3 is 2.15 bits per heavy atom. The Morgan fingerprint density at radius 2 is 1.38 bits per heavy atom. The van der Waals surface area contributed by atoms with Gasteiger partial charge >= 0.3 is 0 Å². The predicted molar refractivity (Wildman–Crippen MR) is 160 cm³/mol. The minimum atomic E-state index is 0.673. The Bertz CT molecular complexity index is 1920. The van der Waals surface area contributed by atoms with Crippen LogP contribution in [-0.2, 0) is 0 Å². The molecule has 188 valence electrons. The number of fused-ring (bicyclic) bond motifs is 1. The van der Waals surface area contributed by atoms with Gasteiger partial charge in [0.1, 0.15) is 5.69 Å². The maximum absolute atomic E-state index is 6.28. The summed E-state index contributed by atoms with van der Waals surface area (Å²) in [5.74, 6) is 0. The summed E-state index contributed by atoms with van der Waals surface area (Å²) in [6, 6.07) is 35.8. The number of hydrogen-bond donors (Lipinski definition) is 0. The van der Waals surface area contributed by atoms with Crippen LogP contribution in [-0.4, -0.2) is 24.5 Å². The van der Waals surface area contributed by atoms with Gasteiger partial charge in [-0.1, -0.05) is 95.2 Å². The van der Waals surface area contributed by atoms with Crippen molar-refractivity contribution in [2.75, 3.05) is 0 Å². The number of thiazole rings is 1. The van der Waals surface area contributed by atoms with E-state index in [2.05, 4.69) is 18.2 Å². The van der Waals surface area contributed by atoms with Crippen LogP contribution < -0.4 is 0 Å². The molecule has 7 rings (SSSR count). The summed E-state index contributed by atoms with van der Waals surface area (Å²) in [6.45, 7) is 0. The lowest BCUT2D eigenvalue weighted by Gasteiger charge is -2.05. The third kappa shape index (κ3) is 4.53. The molecule has 0 N–H and O–H groups in total. The van der Waals surface area contributed by atoms with E-state index >= 15 is 0 Å². The zero-order chi connectivity index (χ0) is 26.3. The first kappa shape index (κ1) is 23.9. The molecule has 0 amide bonds. The fourth-order valence-corrected chi connectivity index (χ4v) is 5.87. The summed E-state index contributed by atoms with van der Waals surface area (Å²) >= 11 is 14.1. The van der Waals surface area contributed by atoms with E-state index in [0.29, 0.717) is 10.0 Å². The SMILES string of the molecule is Clc1ccc(-c2nn(-c3ccccc3)cc2-c2cc(-c3ccccc3)nn2-c2nc3ccc(Cl)cc3s2)cc1. The molecule has 0 spiro atoms. The van der Waals surface area contributed by atoms with Crippen molar-refractivity contribution < 1.29 is 0 Å². The van der Waals surface area contributed by atoms with Crippen LogP contribution in [0.4, 0.5) is 0 Å². The van der Waals surface area contributed by atoms with Crippen LogP contribution in [0.25, 0.3) is 54.8 Å². The third-order valence-corrected chi connectivity index (χ3v) is 7.91. The van der Waals surface area contributed by atoms with Crippen molar-refractivity contribution in [2.24, 2.45) is 0 Å². The average Bonchev–Trinajstić information content (AvgIpc) is 3.71. The molecule has 5 nitrogen and oxygen atoms in total. The van der Waals surface area contributed by atoms with Crippen molar-refractivity contribution in [1.29, 1.82) is 0 Å². The van der Waals surface area contributed by atoms with E-state index in [0.717, 1.165) is 54.8 Å². The standard InChI is InChI=1S/C31H19Cl2N5S/c32-22-13-11-21(12-14-22)30-25(19-37(36-30)24-9-5-2-6-10-24)28-18-27(20-7-3-1-4-8-20)35-38(28)31-34-26-16-15-23(33)17-29(26)39-31/h1-19H. The first-order chi connectivity index (χ1) is 19.1. The summed E-state index contributed by atoms with van der Waals surface area (Å²) < 4.78 is 4.81. The molecule has 39 heavy (non-hydrogen) atoms. The van der Waals surface area contributed by atoms with E-state index in [1.165, 1.54) is 0 Å². The lowest BCUT2D eigenvalue weighted by atomic mass is 10.0. The number of para-hydroxylation sites is 1. The molecule has 3 aromatic heterocycles. The smallest absolute Gasteiger partial charge is 0.212 e. The molecular weight excluding hydrogens is 545 g/mol. The largest absolute Gasteiger partial charge is 0.240 e. The van der Waals surface area contributed by atoms with Gasteiger partial charge in [-0.15, -0.1) is 0 Å². The predicted octanol–water partition coefficient (Wildman–Crippen LogP) is 8.98. The molecule has 0 aliphatic carbocycles. The van der Waals surface area contributed by atoms with Crippen molar-refractivity contribution in [3.05, 3.63) is 125 Å². The molecule has 0 unspecified atom stereocenters. The van der Waals surface area contributed by atoms with Crippen LogP contribution in [0, 0.1) is 0 Å². The quantitative estimate of drug-likeness (QED) is 0.210. The van der Waals surface area contributed by atoms with E-state index in [1.807, 2.05) is 107 Å². The number of nitrogens with zero attached hydrogens (tertiary/aromatic N) is 5. The molecule has 0 atom stereocenters. The Morgan fingerprint density at radius 1 is 0.667 bits per heavy atom. The van der Waals surface area contributed by atoms with Gasteiger partial charge in [0.05, 0.1) is 27.3 Å². The zero-order valence-corrected chi connectivity index (χ0v) is 22.7. The molecule has 0 aliphatic heterocycles. The number of hydrogen-bond acceptors (Lipinski definition) is 4. The minimum absolute atomic E-state index is 0.673. The van der Waals surface area contributed by atoms with Crippen molar-refractivity contribution in [3.63, 3.8) is 0 Å². The molecule has 0 bridgehead atoms. The first-order valence-electron chi connectivity index (χ1n) is 12.3. The number of rotatable bonds is 5. The summed E-state index contributed by atoms with van der Waals surface area (Å²) in [5.41, 5.74) is 7.28. The van der Waals surface area contributed by atoms with Crippen molar-refractivity contribution in [2.45, 2.75) is 0 Å². The minimum Gasteiger partial charge on any atom is -0.240 e. The molecule has 0 saturated carbocycles. The van der Waals surface area contributed by atoms with Crippen molar-refractivity contribution >= 4 is 44.8 Å². The third-order valence-electron chi connectivity index (χ3n) is 6.43. The molecule has 0 radical (unpaired) electrons. The Hall–Kier alpha value is -4.23. The summed E-state index contributed by atoms with van der Waals surface area (Å²) in [6.07, 6.45) is 2.05. The van der Waals surface area contributed by atoms with Crippen LogP contribution in [0.15, 0.2) is 115 Å². The second kappa shape index (κ2) is 9.82. The van der Waals surface area contributed by atoms with Crippen molar-refractivity contribution in [3.8, 4) is 44.6 Å². The van der Waals surface area contributed by atoms with Crippen LogP contribution in [0.1, 0.15) is 0 Å². The maximum atomic E-state index is 6.28. The topological polar surface area (TPSA) is 48.5 Å². The fourth-order valence-electron chi connectivity index (χ4n) is 4.54. The van der Waals surface area contributed by atoms with Gasteiger partial charge in [0.2, 0.25) is 5.13 Å². The van der Waals surface area contributed by atoms with Gasteiger partial charge in [0.25, 0.3) is 0 Å². The molecular formula is C31H19Cl2N5S. The monoisotopic (exact) mass is 563 g/mol. The van der Waals surface area contributed by atoms with Gasteiger partial charge in [-0.3, -0.25) is 0 Å². The van der Waals surface area contributed by atoms with E-state index in [4.69, 9.17) is 38.4 Å². The van der Waals surface area contributed by atoms with E-state index in [9.17, 15) is 0 Å². The van der Waals surface area contributed by atoms with Gasteiger partial charge in [-0.05, 0) is 48.5 Å². The van der Waals surface area contributed by atoms with Gasteiger partial charge in [0, 0.05) is 32.9 Å². The average molecular weight is 565 g/mol. The Kier molecular flexibility index (Phi) is 6.01. The molecule has 7 aromatic rings. The molecule has 8 heteroatoms. The lowest BCUT2D eigenvalue weighted by molar-refractivity contribution is 0.879. The highest BCUT2D eigenvalue weighted by Gasteiger charge is 2.22. The van der Waals surface area contributed by atoms with Crippen LogP contribution in [0.5, 0.6) is 0 Å². The van der Waals surface area contributed by atoms with Crippen LogP contribution in [0.3, 0.4) is 0 Å². The van der Waals surface area contributed by atoms with E-state index in [-0.39, 0.29) is 0 Å². The van der Waals surface area contributed by atoms with Gasteiger partial charge < -0.3 is 0 Å². The molecule has 0 fully saturated rings. The van der Waals surface area contributed by atoms with Gasteiger partial charge in [-0.25, -0.2) is 14.3 Å². The van der Waals surface area contributed by atoms with E-state index < -0.39 is 0 Å². The Balaban J connectivity index is 1.48. The first-order valence-corrected chi connectivity index (χ1v) is 13.8. The number of benzene rings is 4. The Labute approximate surface area is 238 Å². The molecule has 0 aliphatic rings. The fraction of sp³-hybridized carbons (Fsp3) is 0. The highest BCUT2D eigenvalue weighted by molar-refractivity contribution is 7.20. The van der Waals surface area contributed by atoms with Gasteiger partial charge in [-0.2, -0.15) is 10.2 Å². The summed E-state index contributed by atoms with van der Waals surface area (Å²) in [7, 11) is 0. The lowest BCUT2D eigenvalue weighted by Crippen LogP contribution is -1.99. The highest BCUT2D eigenvalue weighted by Crippen LogP contribution is 2.38. The number of halogens is 2. The zero-order valence-electron chi connectivity index (χ0n) is 20.4. The second-order valence-corrected chi connectivity index (χ2v) is 10.9. The maximum Gasteiger partial charge on any atom is 0.212 e. The molecule has 0 saturated heterocycles. The second-order valence-electron chi connectivity index (χ2n) is 8.98.